The second kappa shape index (κ2) is 4.18. The minimum Gasteiger partial charge on any atom is -0.410 e. The molecule has 0 amide bonds. The van der Waals surface area contributed by atoms with Crippen molar-refractivity contribution in [2.24, 2.45) is 5.16 Å². The lowest BCUT2D eigenvalue weighted by Crippen LogP contribution is -2.25. The number of oxime groups is 1. The highest BCUT2D eigenvalue weighted by Gasteiger charge is 2.39. The van der Waals surface area contributed by atoms with E-state index in [1.807, 2.05) is 0 Å². The van der Waals surface area contributed by atoms with E-state index in [4.69, 9.17) is 5.21 Å². The molecule has 0 aliphatic carbocycles. The van der Waals surface area contributed by atoms with Gasteiger partial charge < -0.3 is 5.21 Å². The molecule has 2 nitrogen and oxygen atoms in total. The standard InChI is InChI=1S/C8H4BrF4NO/c9-4-1-2-6(10)5(3-4)7(14-15)8(11,12)13/h1-3,15H/b14-7-. The highest BCUT2D eigenvalue weighted by molar-refractivity contribution is 9.10. The van der Waals surface area contributed by atoms with Gasteiger partial charge in [0.2, 0.25) is 0 Å². The van der Waals surface area contributed by atoms with Crippen LogP contribution in [0.5, 0.6) is 0 Å². The van der Waals surface area contributed by atoms with Gasteiger partial charge >= 0.3 is 6.18 Å². The highest BCUT2D eigenvalue weighted by atomic mass is 79.9. The molecular weight excluding hydrogens is 282 g/mol. The molecule has 0 atom stereocenters. The monoisotopic (exact) mass is 285 g/mol. The van der Waals surface area contributed by atoms with Crippen molar-refractivity contribution in [2.75, 3.05) is 0 Å². The van der Waals surface area contributed by atoms with E-state index in [0.717, 1.165) is 12.1 Å². The second-order valence-corrected chi connectivity index (χ2v) is 3.49. The van der Waals surface area contributed by atoms with E-state index in [1.54, 1.807) is 0 Å². The lowest BCUT2D eigenvalue weighted by Gasteiger charge is -2.09. The summed E-state index contributed by atoms with van der Waals surface area (Å²) >= 11 is 2.89. The summed E-state index contributed by atoms with van der Waals surface area (Å²) in [6, 6.07) is 2.97. The first kappa shape index (κ1) is 12.0. The van der Waals surface area contributed by atoms with Crippen molar-refractivity contribution in [3.05, 3.63) is 34.1 Å². The van der Waals surface area contributed by atoms with Gasteiger partial charge in [-0.25, -0.2) is 4.39 Å². The van der Waals surface area contributed by atoms with Crippen molar-refractivity contribution in [2.45, 2.75) is 6.18 Å². The van der Waals surface area contributed by atoms with Crippen LogP contribution in [0.25, 0.3) is 0 Å². The molecule has 0 radical (unpaired) electrons. The van der Waals surface area contributed by atoms with E-state index in [1.165, 1.54) is 6.07 Å². The van der Waals surface area contributed by atoms with E-state index in [0.29, 0.717) is 0 Å². The lowest BCUT2D eigenvalue weighted by molar-refractivity contribution is -0.0602. The van der Waals surface area contributed by atoms with Crippen molar-refractivity contribution in [3.8, 4) is 0 Å². The Morgan fingerprint density at radius 1 is 1.33 bits per heavy atom. The molecule has 0 aliphatic rings. The number of rotatable bonds is 1. The fourth-order valence-electron chi connectivity index (χ4n) is 0.942. The predicted molar refractivity (Wildman–Crippen MR) is 48.5 cm³/mol. The molecule has 0 heterocycles. The summed E-state index contributed by atoms with van der Waals surface area (Å²) < 4.78 is 50.0. The Labute approximate surface area is 90.3 Å². The van der Waals surface area contributed by atoms with Gasteiger partial charge in [-0.15, -0.1) is 0 Å². The first-order valence-corrected chi connectivity index (χ1v) is 4.40. The van der Waals surface area contributed by atoms with Gasteiger partial charge in [0.15, 0.2) is 5.71 Å². The van der Waals surface area contributed by atoms with Crippen molar-refractivity contribution in [1.82, 2.24) is 0 Å². The van der Waals surface area contributed by atoms with Gasteiger partial charge in [-0.05, 0) is 18.2 Å². The molecule has 1 rings (SSSR count). The van der Waals surface area contributed by atoms with Crippen LogP contribution in [0.3, 0.4) is 0 Å². The molecule has 7 heteroatoms. The van der Waals surface area contributed by atoms with Crippen LogP contribution < -0.4 is 0 Å². The second-order valence-electron chi connectivity index (χ2n) is 2.57. The number of halogens is 5. The molecule has 0 fully saturated rings. The van der Waals surface area contributed by atoms with E-state index < -0.39 is 23.3 Å². The zero-order valence-electron chi connectivity index (χ0n) is 7.02. The van der Waals surface area contributed by atoms with Gasteiger partial charge in [-0.1, -0.05) is 21.1 Å². The molecule has 1 aromatic rings. The Balaban J connectivity index is 3.31. The van der Waals surface area contributed by atoms with Crippen LogP contribution >= 0.6 is 15.9 Å². The smallest absolute Gasteiger partial charge is 0.410 e. The van der Waals surface area contributed by atoms with Crippen LogP contribution in [-0.4, -0.2) is 17.1 Å². The molecule has 0 saturated carbocycles. The Morgan fingerprint density at radius 3 is 2.40 bits per heavy atom. The van der Waals surface area contributed by atoms with Crippen LogP contribution in [0.4, 0.5) is 17.6 Å². The fraction of sp³-hybridized carbons (Fsp3) is 0.125. The molecule has 1 aromatic carbocycles. The minimum atomic E-state index is -4.91. The zero-order chi connectivity index (χ0) is 11.6. The summed E-state index contributed by atoms with van der Waals surface area (Å²) in [5.74, 6) is -1.11. The number of hydrogen-bond donors (Lipinski definition) is 1. The molecule has 82 valence electrons. The van der Waals surface area contributed by atoms with Gasteiger partial charge in [0.25, 0.3) is 0 Å². The largest absolute Gasteiger partial charge is 0.437 e. The maximum absolute atomic E-state index is 13.0. The lowest BCUT2D eigenvalue weighted by atomic mass is 10.1. The summed E-state index contributed by atoms with van der Waals surface area (Å²) in [5.41, 5.74) is -2.47. The normalized spacial score (nSPS) is 13.0. The summed E-state index contributed by atoms with van der Waals surface area (Å²) in [6.07, 6.45) is -4.91. The van der Waals surface area contributed by atoms with Gasteiger partial charge in [0.05, 0.1) is 0 Å². The Bertz CT molecular complexity index is 402. The van der Waals surface area contributed by atoms with Crippen molar-refractivity contribution < 1.29 is 22.8 Å². The minimum absolute atomic E-state index is 0.254. The average Bonchev–Trinajstić information content (AvgIpc) is 2.10. The molecule has 15 heavy (non-hydrogen) atoms. The van der Waals surface area contributed by atoms with Crippen molar-refractivity contribution in [1.29, 1.82) is 0 Å². The summed E-state index contributed by atoms with van der Waals surface area (Å²) in [5, 5.41) is 10.3. The molecular formula is C8H4BrF4NO. The average molecular weight is 286 g/mol. The highest BCUT2D eigenvalue weighted by Crippen LogP contribution is 2.26. The number of alkyl halides is 3. The molecule has 0 unspecified atom stereocenters. The maximum Gasteiger partial charge on any atom is 0.437 e. The van der Waals surface area contributed by atoms with E-state index in [9.17, 15) is 17.6 Å². The van der Waals surface area contributed by atoms with E-state index >= 15 is 0 Å². The third-order valence-corrected chi connectivity index (χ3v) is 2.05. The van der Waals surface area contributed by atoms with E-state index in [2.05, 4.69) is 21.1 Å². The topological polar surface area (TPSA) is 32.6 Å². The first-order chi connectivity index (χ1) is 6.86. The third-order valence-electron chi connectivity index (χ3n) is 1.55. The molecule has 0 spiro atoms. The van der Waals surface area contributed by atoms with Crippen LogP contribution in [0, 0.1) is 5.82 Å². The van der Waals surface area contributed by atoms with Gasteiger partial charge in [0.1, 0.15) is 5.82 Å². The van der Waals surface area contributed by atoms with Gasteiger partial charge in [-0.2, -0.15) is 13.2 Å². The van der Waals surface area contributed by atoms with Crippen LogP contribution in [0.1, 0.15) is 5.56 Å². The molecule has 1 N–H and O–H groups in total. The molecule has 0 aliphatic heterocycles. The summed E-state index contributed by atoms with van der Waals surface area (Å²) in [7, 11) is 0. The van der Waals surface area contributed by atoms with Crippen LogP contribution in [0.2, 0.25) is 0 Å². The Hall–Kier alpha value is -1.11. The van der Waals surface area contributed by atoms with Crippen LogP contribution in [0.15, 0.2) is 27.8 Å². The van der Waals surface area contributed by atoms with E-state index in [-0.39, 0.29) is 4.47 Å². The maximum atomic E-state index is 13.0. The number of benzene rings is 1. The quantitative estimate of drug-likeness (QED) is 0.365. The predicted octanol–water partition coefficient (Wildman–Crippen LogP) is 3.33. The number of hydrogen-bond acceptors (Lipinski definition) is 2. The summed E-state index contributed by atoms with van der Waals surface area (Å²) in [4.78, 5) is 0. The zero-order valence-corrected chi connectivity index (χ0v) is 8.60. The molecule has 0 bridgehead atoms. The molecule has 0 aromatic heterocycles. The fourth-order valence-corrected chi connectivity index (χ4v) is 1.30. The Morgan fingerprint density at radius 2 is 1.93 bits per heavy atom. The van der Waals surface area contributed by atoms with Crippen molar-refractivity contribution in [3.63, 3.8) is 0 Å². The number of nitrogens with zero attached hydrogens (tertiary/aromatic N) is 1. The summed E-state index contributed by atoms with van der Waals surface area (Å²) in [6.45, 7) is 0. The Kier molecular flexibility index (Phi) is 3.33. The van der Waals surface area contributed by atoms with Gasteiger partial charge in [-0.3, -0.25) is 0 Å². The SMILES string of the molecule is O/N=C(/c1cc(Br)ccc1F)C(F)(F)F. The van der Waals surface area contributed by atoms with Gasteiger partial charge in [0, 0.05) is 10.0 Å². The first-order valence-electron chi connectivity index (χ1n) is 3.61. The third kappa shape index (κ3) is 2.68. The van der Waals surface area contributed by atoms with Crippen LogP contribution in [-0.2, 0) is 0 Å². The molecule has 0 saturated heterocycles. The van der Waals surface area contributed by atoms with Crippen molar-refractivity contribution >= 4 is 21.6 Å².